The third kappa shape index (κ3) is 4.30. The van der Waals surface area contributed by atoms with Crippen molar-refractivity contribution in [1.82, 2.24) is 10.3 Å². The molecule has 0 spiro atoms. The Hall–Kier alpha value is -2.65. The summed E-state index contributed by atoms with van der Waals surface area (Å²) in [4.78, 5) is 4.41. The van der Waals surface area contributed by atoms with Crippen molar-refractivity contribution < 1.29 is 4.74 Å². The highest BCUT2D eigenvalue weighted by molar-refractivity contribution is 5.70. The van der Waals surface area contributed by atoms with Crippen molar-refractivity contribution >= 4 is 0 Å². The maximum atomic E-state index is 5.54. The predicted molar refractivity (Wildman–Crippen MR) is 107 cm³/mol. The van der Waals surface area contributed by atoms with Crippen LogP contribution in [0.25, 0.3) is 11.1 Å². The normalized spacial score (nSPS) is 12.0. The third-order valence-corrected chi connectivity index (χ3v) is 4.68. The van der Waals surface area contributed by atoms with Gasteiger partial charge in [-0.3, -0.25) is 4.98 Å². The maximum absolute atomic E-state index is 5.54. The highest BCUT2D eigenvalue weighted by atomic mass is 16.5. The molecular weight excluding hydrogens is 320 g/mol. The Kier molecular flexibility index (Phi) is 5.69. The molecule has 0 fully saturated rings. The van der Waals surface area contributed by atoms with E-state index < -0.39 is 0 Å². The van der Waals surface area contributed by atoms with E-state index in [1.165, 1.54) is 16.7 Å². The van der Waals surface area contributed by atoms with Crippen LogP contribution < -0.4 is 10.1 Å². The number of hydrogen-bond acceptors (Lipinski definition) is 3. The summed E-state index contributed by atoms with van der Waals surface area (Å²) >= 11 is 0. The van der Waals surface area contributed by atoms with Gasteiger partial charge in [-0.15, -0.1) is 0 Å². The van der Waals surface area contributed by atoms with Gasteiger partial charge in [0.15, 0.2) is 0 Å². The number of hydrogen-bond donors (Lipinski definition) is 1. The van der Waals surface area contributed by atoms with Crippen molar-refractivity contribution in [1.29, 1.82) is 0 Å². The maximum Gasteiger partial charge on any atom is 0.126 e. The summed E-state index contributed by atoms with van der Waals surface area (Å²) in [6.45, 7) is 7.10. The predicted octanol–water partition coefficient (Wildman–Crippen LogP) is 5.22. The number of rotatable bonds is 6. The van der Waals surface area contributed by atoms with Gasteiger partial charge in [-0.2, -0.15) is 0 Å². The molecule has 0 saturated carbocycles. The van der Waals surface area contributed by atoms with Crippen LogP contribution in [-0.2, 0) is 6.54 Å². The van der Waals surface area contributed by atoms with E-state index in [2.05, 4.69) is 66.6 Å². The molecule has 0 radical (unpaired) electrons. The molecule has 1 aromatic heterocycles. The summed E-state index contributed by atoms with van der Waals surface area (Å²) in [6, 6.07) is 19.4. The van der Waals surface area contributed by atoms with Gasteiger partial charge in [-0.05, 0) is 50.1 Å². The average molecular weight is 346 g/mol. The van der Waals surface area contributed by atoms with Gasteiger partial charge in [0.05, 0.1) is 7.11 Å². The van der Waals surface area contributed by atoms with Crippen molar-refractivity contribution in [3.63, 3.8) is 0 Å². The molecule has 0 aliphatic carbocycles. The van der Waals surface area contributed by atoms with Crippen molar-refractivity contribution in [2.24, 2.45) is 0 Å². The topological polar surface area (TPSA) is 34.1 Å². The number of ether oxygens (including phenoxy) is 1. The molecule has 1 N–H and O–H groups in total. The van der Waals surface area contributed by atoms with E-state index in [0.29, 0.717) is 6.04 Å². The minimum atomic E-state index is 0.294. The fourth-order valence-electron chi connectivity index (χ4n) is 2.96. The number of nitrogens with one attached hydrogen (secondary N) is 1. The number of pyridine rings is 1. The summed E-state index contributed by atoms with van der Waals surface area (Å²) < 4.78 is 5.54. The quantitative estimate of drug-likeness (QED) is 0.664. The van der Waals surface area contributed by atoms with Crippen molar-refractivity contribution in [2.75, 3.05) is 7.11 Å². The van der Waals surface area contributed by atoms with Crippen LogP contribution in [0.2, 0.25) is 0 Å². The summed E-state index contributed by atoms with van der Waals surface area (Å²) in [7, 11) is 1.71. The van der Waals surface area contributed by atoms with E-state index in [9.17, 15) is 0 Å². The molecule has 0 bridgehead atoms. The van der Waals surface area contributed by atoms with Gasteiger partial charge in [0.25, 0.3) is 0 Å². The zero-order chi connectivity index (χ0) is 18.5. The Morgan fingerprint density at radius 1 is 1.00 bits per heavy atom. The van der Waals surface area contributed by atoms with Gasteiger partial charge in [0.2, 0.25) is 0 Å². The van der Waals surface area contributed by atoms with E-state index in [0.717, 1.165) is 29.1 Å². The van der Waals surface area contributed by atoms with Gasteiger partial charge < -0.3 is 10.1 Å². The summed E-state index contributed by atoms with van der Waals surface area (Å²) in [5, 5.41) is 3.60. The number of methoxy groups -OCH3 is 1. The molecule has 1 heterocycles. The van der Waals surface area contributed by atoms with Gasteiger partial charge in [0, 0.05) is 35.6 Å². The molecule has 3 nitrogen and oxygen atoms in total. The summed E-state index contributed by atoms with van der Waals surface area (Å²) in [5.74, 6) is 0.867. The lowest BCUT2D eigenvalue weighted by molar-refractivity contribution is 0.416. The Bertz CT molecular complexity index is 854. The zero-order valence-corrected chi connectivity index (χ0v) is 15.9. The van der Waals surface area contributed by atoms with Crippen LogP contribution >= 0.6 is 0 Å². The van der Waals surface area contributed by atoms with Gasteiger partial charge in [-0.25, -0.2) is 0 Å². The molecule has 2 aromatic carbocycles. The number of benzene rings is 2. The van der Waals surface area contributed by atoms with E-state index in [-0.39, 0.29) is 0 Å². The molecule has 26 heavy (non-hydrogen) atoms. The molecule has 0 aliphatic heterocycles. The van der Waals surface area contributed by atoms with E-state index in [1.54, 1.807) is 7.11 Å². The highest BCUT2D eigenvalue weighted by Gasteiger charge is 2.09. The Balaban J connectivity index is 1.77. The fraction of sp³-hybridized carbons (Fsp3) is 0.261. The monoisotopic (exact) mass is 346 g/mol. The molecule has 3 heteroatoms. The lowest BCUT2D eigenvalue weighted by Gasteiger charge is -2.16. The van der Waals surface area contributed by atoms with Crippen LogP contribution in [0.5, 0.6) is 5.75 Å². The highest BCUT2D eigenvalue weighted by Crippen LogP contribution is 2.30. The Labute approximate surface area is 156 Å². The fourth-order valence-corrected chi connectivity index (χ4v) is 2.96. The molecule has 1 unspecified atom stereocenters. The first-order valence-corrected chi connectivity index (χ1v) is 8.96. The number of aromatic nitrogens is 1. The first kappa shape index (κ1) is 18.2. The van der Waals surface area contributed by atoms with Gasteiger partial charge >= 0.3 is 0 Å². The standard InChI is InChI=1S/C23H26N2O/c1-16-5-9-20(10-6-16)18(3)25-14-19-8-12-23(26-4)22(13-19)21-11-7-17(2)24-15-21/h5-13,15,18,25H,14H2,1-4H3. The first-order chi connectivity index (χ1) is 12.6. The number of nitrogens with zero attached hydrogens (tertiary/aromatic N) is 1. The molecular formula is C23H26N2O. The van der Waals surface area contributed by atoms with Crippen LogP contribution in [0.4, 0.5) is 0 Å². The lowest BCUT2D eigenvalue weighted by atomic mass is 10.0. The van der Waals surface area contributed by atoms with Crippen molar-refractivity contribution in [2.45, 2.75) is 33.4 Å². The van der Waals surface area contributed by atoms with Crippen LogP contribution in [-0.4, -0.2) is 12.1 Å². The minimum Gasteiger partial charge on any atom is -0.496 e. The van der Waals surface area contributed by atoms with Crippen LogP contribution in [0.1, 0.15) is 35.3 Å². The van der Waals surface area contributed by atoms with Crippen molar-refractivity contribution in [3.8, 4) is 16.9 Å². The molecule has 0 amide bonds. The SMILES string of the molecule is COc1ccc(CNC(C)c2ccc(C)cc2)cc1-c1ccc(C)nc1. The second kappa shape index (κ2) is 8.15. The second-order valence-electron chi connectivity index (χ2n) is 6.74. The van der Waals surface area contributed by atoms with E-state index in [4.69, 9.17) is 4.74 Å². The zero-order valence-electron chi connectivity index (χ0n) is 15.9. The molecule has 0 saturated heterocycles. The second-order valence-corrected chi connectivity index (χ2v) is 6.74. The molecule has 3 rings (SSSR count). The van der Waals surface area contributed by atoms with E-state index in [1.807, 2.05) is 25.3 Å². The average Bonchev–Trinajstić information content (AvgIpc) is 2.67. The first-order valence-electron chi connectivity index (χ1n) is 8.96. The van der Waals surface area contributed by atoms with Crippen LogP contribution in [0, 0.1) is 13.8 Å². The molecule has 0 aliphatic rings. The molecule has 1 atom stereocenters. The molecule has 3 aromatic rings. The summed E-state index contributed by atoms with van der Waals surface area (Å²) in [5.41, 5.74) is 6.96. The largest absolute Gasteiger partial charge is 0.496 e. The Morgan fingerprint density at radius 3 is 2.42 bits per heavy atom. The summed E-state index contributed by atoms with van der Waals surface area (Å²) in [6.07, 6.45) is 1.90. The van der Waals surface area contributed by atoms with Crippen LogP contribution in [0.15, 0.2) is 60.8 Å². The number of aryl methyl sites for hydroxylation is 2. The van der Waals surface area contributed by atoms with Crippen molar-refractivity contribution in [3.05, 3.63) is 83.2 Å². The lowest BCUT2D eigenvalue weighted by Crippen LogP contribution is -2.18. The minimum absolute atomic E-state index is 0.294. The molecule has 134 valence electrons. The Morgan fingerprint density at radius 2 is 1.77 bits per heavy atom. The van der Waals surface area contributed by atoms with Crippen LogP contribution in [0.3, 0.4) is 0 Å². The van der Waals surface area contributed by atoms with E-state index >= 15 is 0 Å². The van der Waals surface area contributed by atoms with Gasteiger partial charge in [-0.1, -0.05) is 42.0 Å². The smallest absolute Gasteiger partial charge is 0.126 e. The third-order valence-electron chi connectivity index (χ3n) is 4.68. The van der Waals surface area contributed by atoms with Gasteiger partial charge in [0.1, 0.15) is 5.75 Å².